The number of carbonyl (C=O) groups is 1. The summed E-state index contributed by atoms with van der Waals surface area (Å²) in [6, 6.07) is 3.11. The average molecular weight is 195 g/mol. The van der Waals surface area contributed by atoms with Gasteiger partial charge in [-0.05, 0) is 6.07 Å². The topological polar surface area (TPSA) is 70.8 Å². The summed E-state index contributed by atoms with van der Waals surface area (Å²) in [6.07, 6.45) is 0. The largest absolute Gasteiger partial charge is 0.465 e. The van der Waals surface area contributed by atoms with Gasteiger partial charge in [0.25, 0.3) is 0 Å². The number of nitrogens with two attached hydrogens (primary N) is 1. The van der Waals surface area contributed by atoms with Crippen molar-refractivity contribution in [2.75, 3.05) is 19.6 Å². The summed E-state index contributed by atoms with van der Waals surface area (Å²) >= 11 is 0. The van der Waals surface area contributed by atoms with E-state index >= 15 is 0 Å². The Morgan fingerprint density at radius 1 is 1.50 bits per heavy atom. The molecule has 5 heteroatoms. The smallest absolute Gasteiger partial charge is 0.341 e. The highest BCUT2D eigenvalue weighted by Gasteiger charge is 2.23. The van der Waals surface area contributed by atoms with Gasteiger partial charge in [0.2, 0.25) is 6.79 Å². The lowest BCUT2D eigenvalue weighted by molar-refractivity contribution is 0.0596. The van der Waals surface area contributed by atoms with Gasteiger partial charge >= 0.3 is 5.97 Å². The van der Waals surface area contributed by atoms with E-state index in [1.54, 1.807) is 6.07 Å². The van der Waals surface area contributed by atoms with Crippen molar-refractivity contribution in [3.8, 4) is 11.5 Å². The van der Waals surface area contributed by atoms with Gasteiger partial charge in [-0.15, -0.1) is 0 Å². The highest BCUT2D eigenvalue weighted by Crippen LogP contribution is 2.37. The molecule has 0 saturated heterocycles. The Kier molecular flexibility index (Phi) is 1.92. The van der Waals surface area contributed by atoms with Crippen LogP contribution in [0, 0.1) is 0 Å². The lowest BCUT2D eigenvalue weighted by Gasteiger charge is -2.04. The Hall–Kier alpha value is -1.91. The number of carbonyl (C=O) groups excluding carboxylic acids is 1. The molecule has 1 aliphatic heterocycles. The van der Waals surface area contributed by atoms with Gasteiger partial charge < -0.3 is 19.9 Å². The molecule has 0 amide bonds. The minimum Gasteiger partial charge on any atom is -0.465 e. The molecule has 0 bridgehead atoms. The molecule has 5 nitrogen and oxygen atoms in total. The molecule has 14 heavy (non-hydrogen) atoms. The second-order valence-electron chi connectivity index (χ2n) is 2.79. The summed E-state index contributed by atoms with van der Waals surface area (Å²) in [5.41, 5.74) is 6.31. The molecule has 1 heterocycles. The molecule has 74 valence electrons. The van der Waals surface area contributed by atoms with Crippen LogP contribution < -0.4 is 15.2 Å². The van der Waals surface area contributed by atoms with Crippen LogP contribution in [-0.2, 0) is 4.74 Å². The standard InChI is InChI=1S/C9H9NO4/c1-12-9(11)6-2-5(10)3-7-8(6)14-4-13-7/h2-3H,4,10H2,1H3. The second-order valence-corrected chi connectivity index (χ2v) is 2.79. The van der Waals surface area contributed by atoms with Gasteiger partial charge in [0, 0.05) is 11.8 Å². The molecule has 0 spiro atoms. The predicted molar refractivity (Wildman–Crippen MR) is 48.3 cm³/mol. The molecule has 0 saturated carbocycles. The van der Waals surface area contributed by atoms with Crippen LogP contribution in [-0.4, -0.2) is 19.9 Å². The van der Waals surface area contributed by atoms with Gasteiger partial charge in [-0.2, -0.15) is 0 Å². The zero-order valence-electron chi connectivity index (χ0n) is 7.57. The summed E-state index contributed by atoms with van der Waals surface area (Å²) in [7, 11) is 1.30. The first kappa shape index (κ1) is 8.68. The third-order valence-corrected chi connectivity index (χ3v) is 1.90. The number of ether oxygens (including phenoxy) is 3. The molecule has 0 aromatic heterocycles. The first-order chi connectivity index (χ1) is 6.72. The van der Waals surface area contributed by atoms with Crippen LogP contribution in [0.4, 0.5) is 5.69 Å². The van der Waals surface area contributed by atoms with Gasteiger partial charge in [-0.1, -0.05) is 0 Å². The van der Waals surface area contributed by atoms with Crippen LogP contribution >= 0.6 is 0 Å². The normalized spacial score (nSPS) is 12.6. The molecule has 1 aromatic carbocycles. The Bertz CT molecular complexity index is 389. The van der Waals surface area contributed by atoms with E-state index in [9.17, 15) is 4.79 Å². The maximum atomic E-state index is 11.3. The van der Waals surface area contributed by atoms with Crippen molar-refractivity contribution < 1.29 is 19.0 Å². The van der Waals surface area contributed by atoms with Gasteiger partial charge in [-0.3, -0.25) is 0 Å². The van der Waals surface area contributed by atoms with Crippen LogP contribution in [0.3, 0.4) is 0 Å². The van der Waals surface area contributed by atoms with Crippen molar-refractivity contribution in [2.24, 2.45) is 0 Å². The van der Waals surface area contributed by atoms with E-state index in [1.807, 2.05) is 0 Å². The van der Waals surface area contributed by atoms with Crippen molar-refractivity contribution in [1.29, 1.82) is 0 Å². The van der Waals surface area contributed by atoms with E-state index in [-0.39, 0.29) is 6.79 Å². The first-order valence-corrected chi connectivity index (χ1v) is 4.00. The highest BCUT2D eigenvalue weighted by molar-refractivity contribution is 5.95. The third-order valence-electron chi connectivity index (χ3n) is 1.90. The number of benzene rings is 1. The molecule has 0 fully saturated rings. The number of rotatable bonds is 1. The quantitative estimate of drug-likeness (QED) is 0.529. The Morgan fingerprint density at radius 2 is 2.29 bits per heavy atom. The molecular formula is C9H9NO4. The van der Waals surface area contributed by atoms with Crippen molar-refractivity contribution in [3.05, 3.63) is 17.7 Å². The van der Waals surface area contributed by atoms with Crippen LogP contribution in [0.5, 0.6) is 11.5 Å². The predicted octanol–water partition coefficient (Wildman–Crippen LogP) is 0.784. The molecule has 1 aliphatic rings. The van der Waals surface area contributed by atoms with Crippen molar-refractivity contribution in [1.82, 2.24) is 0 Å². The molecule has 0 radical (unpaired) electrons. The Morgan fingerprint density at radius 3 is 3.00 bits per heavy atom. The third kappa shape index (κ3) is 1.22. The lowest BCUT2D eigenvalue weighted by atomic mass is 10.1. The van der Waals surface area contributed by atoms with Crippen LogP contribution in [0.2, 0.25) is 0 Å². The fourth-order valence-electron chi connectivity index (χ4n) is 1.29. The zero-order chi connectivity index (χ0) is 10.1. The fraction of sp³-hybridized carbons (Fsp3) is 0.222. The van der Waals surface area contributed by atoms with Crippen LogP contribution in [0.1, 0.15) is 10.4 Å². The number of anilines is 1. The number of nitrogen functional groups attached to an aromatic ring is 1. The highest BCUT2D eigenvalue weighted by atomic mass is 16.7. The lowest BCUT2D eigenvalue weighted by Crippen LogP contribution is -2.04. The summed E-state index contributed by atoms with van der Waals surface area (Å²) in [5, 5.41) is 0. The molecule has 2 N–H and O–H groups in total. The fourth-order valence-corrected chi connectivity index (χ4v) is 1.29. The van der Waals surface area contributed by atoms with Crippen molar-refractivity contribution in [3.63, 3.8) is 0 Å². The average Bonchev–Trinajstić information content (AvgIpc) is 2.62. The number of hydrogen-bond acceptors (Lipinski definition) is 5. The Balaban J connectivity index is 2.54. The van der Waals surface area contributed by atoms with E-state index in [4.69, 9.17) is 15.2 Å². The van der Waals surface area contributed by atoms with Gasteiger partial charge in [0.05, 0.1) is 7.11 Å². The molecule has 0 atom stereocenters. The second kappa shape index (κ2) is 3.10. The number of methoxy groups -OCH3 is 1. The SMILES string of the molecule is COC(=O)c1cc(N)cc2c1OCO2. The van der Waals surface area contributed by atoms with Gasteiger partial charge in [0.1, 0.15) is 5.56 Å². The van der Waals surface area contributed by atoms with Gasteiger partial charge in [-0.25, -0.2) is 4.79 Å². The van der Waals surface area contributed by atoms with E-state index in [1.165, 1.54) is 13.2 Å². The Labute approximate surface area is 80.4 Å². The number of esters is 1. The monoisotopic (exact) mass is 195 g/mol. The molecule has 2 rings (SSSR count). The van der Waals surface area contributed by atoms with E-state index < -0.39 is 5.97 Å². The van der Waals surface area contributed by atoms with Crippen LogP contribution in [0.15, 0.2) is 12.1 Å². The van der Waals surface area contributed by atoms with Crippen LogP contribution in [0.25, 0.3) is 0 Å². The molecule has 0 unspecified atom stereocenters. The minimum atomic E-state index is -0.487. The summed E-state index contributed by atoms with van der Waals surface area (Å²) in [5.74, 6) is 0.385. The summed E-state index contributed by atoms with van der Waals surface area (Å²) in [4.78, 5) is 11.3. The maximum Gasteiger partial charge on any atom is 0.341 e. The van der Waals surface area contributed by atoms with E-state index in [0.717, 1.165) is 0 Å². The van der Waals surface area contributed by atoms with Crippen molar-refractivity contribution >= 4 is 11.7 Å². The van der Waals surface area contributed by atoms with Crippen molar-refractivity contribution in [2.45, 2.75) is 0 Å². The summed E-state index contributed by atoms with van der Waals surface area (Å²) in [6.45, 7) is 0.1000. The summed E-state index contributed by atoms with van der Waals surface area (Å²) < 4.78 is 14.8. The van der Waals surface area contributed by atoms with E-state index in [0.29, 0.717) is 22.7 Å². The molecule has 1 aromatic rings. The minimum absolute atomic E-state index is 0.1000. The van der Waals surface area contributed by atoms with E-state index in [2.05, 4.69) is 4.74 Å². The molecule has 0 aliphatic carbocycles. The number of fused-ring (bicyclic) bond motifs is 1. The first-order valence-electron chi connectivity index (χ1n) is 4.00. The maximum absolute atomic E-state index is 11.3. The number of hydrogen-bond donors (Lipinski definition) is 1. The molecular weight excluding hydrogens is 186 g/mol. The zero-order valence-corrected chi connectivity index (χ0v) is 7.57. The van der Waals surface area contributed by atoms with Gasteiger partial charge in [0.15, 0.2) is 11.5 Å².